The Morgan fingerprint density at radius 2 is 2.04 bits per heavy atom. The number of carbonyl (C=O) groups excluding carboxylic acids is 2. The maximum atomic E-state index is 12.4. The molecular formula is C15H17F3N2O4. The van der Waals surface area contributed by atoms with Crippen molar-refractivity contribution in [2.45, 2.75) is 25.3 Å². The van der Waals surface area contributed by atoms with Crippen LogP contribution in [0.5, 0.6) is 5.75 Å². The normalized spacial score (nSPS) is 18.3. The van der Waals surface area contributed by atoms with E-state index in [0.29, 0.717) is 6.54 Å². The van der Waals surface area contributed by atoms with Crippen molar-refractivity contribution in [1.82, 2.24) is 4.90 Å². The molecule has 9 heteroatoms. The van der Waals surface area contributed by atoms with Gasteiger partial charge in [0.25, 0.3) is 0 Å². The van der Waals surface area contributed by atoms with Crippen LogP contribution in [0.2, 0.25) is 0 Å². The predicted molar refractivity (Wildman–Crippen MR) is 77.0 cm³/mol. The van der Waals surface area contributed by atoms with Crippen LogP contribution in [0.3, 0.4) is 0 Å². The SMILES string of the molecule is NC(=O)C1CN(C(=O)CCc2ccccc2OC(F)(F)F)CCO1. The van der Waals surface area contributed by atoms with Crippen molar-refractivity contribution in [1.29, 1.82) is 0 Å². The summed E-state index contributed by atoms with van der Waals surface area (Å²) in [4.78, 5) is 24.7. The molecule has 0 radical (unpaired) electrons. The molecule has 2 N–H and O–H groups in total. The maximum Gasteiger partial charge on any atom is 0.573 e. The third-order valence-electron chi connectivity index (χ3n) is 3.54. The lowest BCUT2D eigenvalue weighted by atomic mass is 10.1. The van der Waals surface area contributed by atoms with E-state index in [0.717, 1.165) is 0 Å². The molecule has 1 saturated heterocycles. The number of para-hydroxylation sites is 1. The second-order valence-electron chi connectivity index (χ2n) is 5.26. The van der Waals surface area contributed by atoms with Gasteiger partial charge in [-0.15, -0.1) is 13.2 Å². The minimum Gasteiger partial charge on any atom is -0.406 e. The number of hydrogen-bond donors (Lipinski definition) is 1. The zero-order valence-corrected chi connectivity index (χ0v) is 12.7. The fourth-order valence-corrected chi connectivity index (χ4v) is 2.38. The van der Waals surface area contributed by atoms with E-state index in [4.69, 9.17) is 10.5 Å². The number of amides is 2. The van der Waals surface area contributed by atoms with E-state index in [-0.39, 0.29) is 43.2 Å². The van der Waals surface area contributed by atoms with Gasteiger partial charge in [0.05, 0.1) is 13.2 Å². The zero-order chi connectivity index (χ0) is 17.7. The van der Waals surface area contributed by atoms with E-state index in [1.54, 1.807) is 6.07 Å². The fourth-order valence-electron chi connectivity index (χ4n) is 2.38. The average Bonchev–Trinajstić information content (AvgIpc) is 2.52. The van der Waals surface area contributed by atoms with Crippen molar-refractivity contribution in [3.8, 4) is 5.75 Å². The number of ether oxygens (including phenoxy) is 2. The first-order valence-corrected chi connectivity index (χ1v) is 7.28. The largest absolute Gasteiger partial charge is 0.573 e. The standard InChI is InChI=1S/C15H17F3N2O4/c16-15(17,18)24-11-4-2-1-3-10(11)5-6-13(21)20-7-8-23-12(9-20)14(19)22/h1-4,12H,5-9H2,(H2,19,22). The number of alkyl halides is 3. The van der Waals surface area contributed by atoms with Gasteiger partial charge in [-0.3, -0.25) is 9.59 Å². The number of benzene rings is 1. The monoisotopic (exact) mass is 346 g/mol. The van der Waals surface area contributed by atoms with Gasteiger partial charge in [-0.05, 0) is 18.1 Å². The molecule has 1 unspecified atom stereocenters. The van der Waals surface area contributed by atoms with Crippen LogP contribution in [0.15, 0.2) is 24.3 Å². The third-order valence-corrected chi connectivity index (χ3v) is 3.54. The van der Waals surface area contributed by atoms with Gasteiger partial charge in [0.2, 0.25) is 11.8 Å². The Morgan fingerprint density at radius 1 is 1.33 bits per heavy atom. The molecule has 24 heavy (non-hydrogen) atoms. The summed E-state index contributed by atoms with van der Waals surface area (Å²) in [7, 11) is 0. The maximum absolute atomic E-state index is 12.4. The molecule has 0 bridgehead atoms. The summed E-state index contributed by atoms with van der Waals surface area (Å²) in [6.07, 6.45) is -5.57. The summed E-state index contributed by atoms with van der Waals surface area (Å²) < 4.78 is 46.2. The lowest BCUT2D eigenvalue weighted by molar-refractivity contribution is -0.274. The van der Waals surface area contributed by atoms with Gasteiger partial charge in [0.15, 0.2) is 6.10 Å². The van der Waals surface area contributed by atoms with E-state index >= 15 is 0 Å². The first-order valence-electron chi connectivity index (χ1n) is 7.28. The molecule has 1 fully saturated rings. The molecule has 1 aliphatic rings. The van der Waals surface area contributed by atoms with Gasteiger partial charge in [0.1, 0.15) is 5.75 Å². The van der Waals surface area contributed by atoms with E-state index in [2.05, 4.69) is 4.74 Å². The first kappa shape index (κ1) is 18.1. The van der Waals surface area contributed by atoms with Crippen molar-refractivity contribution in [2.24, 2.45) is 5.73 Å². The van der Waals surface area contributed by atoms with E-state index in [1.807, 2.05) is 0 Å². The molecular weight excluding hydrogens is 329 g/mol. The highest BCUT2D eigenvalue weighted by Crippen LogP contribution is 2.27. The highest BCUT2D eigenvalue weighted by molar-refractivity contribution is 5.81. The van der Waals surface area contributed by atoms with Crippen molar-refractivity contribution in [2.75, 3.05) is 19.7 Å². The molecule has 1 aromatic rings. The number of nitrogens with two attached hydrogens (primary N) is 1. The summed E-state index contributed by atoms with van der Waals surface area (Å²) in [5, 5.41) is 0. The molecule has 1 aromatic carbocycles. The Labute approximate surface area is 136 Å². The minimum atomic E-state index is -4.79. The van der Waals surface area contributed by atoms with Gasteiger partial charge in [-0.25, -0.2) is 0 Å². The van der Waals surface area contributed by atoms with Gasteiger partial charge in [-0.2, -0.15) is 0 Å². The molecule has 1 aliphatic heterocycles. The van der Waals surface area contributed by atoms with Crippen molar-refractivity contribution >= 4 is 11.8 Å². The van der Waals surface area contributed by atoms with Crippen molar-refractivity contribution < 1.29 is 32.2 Å². The third kappa shape index (κ3) is 5.12. The quantitative estimate of drug-likeness (QED) is 0.869. The van der Waals surface area contributed by atoms with Gasteiger partial charge >= 0.3 is 6.36 Å². The number of carbonyl (C=O) groups is 2. The Hall–Kier alpha value is -2.29. The minimum absolute atomic E-state index is 0.0102. The Bertz CT molecular complexity index is 607. The smallest absolute Gasteiger partial charge is 0.406 e. The second-order valence-corrected chi connectivity index (χ2v) is 5.26. The van der Waals surface area contributed by atoms with Crippen LogP contribution in [0.1, 0.15) is 12.0 Å². The molecule has 2 rings (SSSR count). The van der Waals surface area contributed by atoms with Gasteiger partial charge < -0.3 is 20.1 Å². The summed E-state index contributed by atoms with van der Waals surface area (Å²) >= 11 is 0. The predicted octanol–water partition coefficient (Wildman–Crippen LogP) is 1.23. The average molecular weight is 346 g/mol. The summed E-state index contributed by atoms with van der Waals surface area (Å²) in [5.74, 6) is -1.27. The second kappa shape index (κ2) is 7.52. The van der Waals surface area contributed by atoms with Crippen LogP contribution >= 0.6 is 0 Å². The molecule has 6 nitrogen and oxygen atoms in total. The van der Waals surface area contributed by atoms with Crippen LogP contribution in [0.4, 0.5) is 13.2 Å². The number of hydrogen-bond acceptors (Lipinski definition) is 4. The van der Waals surface area contributed by atoms with Crippen molar-refractivity contribution in [3.63, 3.8) is 0 Å². The highest BCUT2D eigenvalue weighted by Gasteiger charge is 2.32. The molecule has 0 spiro atoms. The molecule has 1 heterocycles. The highest BCUT2D eigenvalue weighted by atomic mass is 19.4. The number of rotatable bonds is 5. The molecule has 2 amide bonds. The molecule has 132 valence electrons. The number of primary amides is 1. The molecule has 0 saturated carbocycles. The first-order chi connectivity index (χ1) is 11.3. The fraction of sp³-hybridized carbons (Fsp3) is 0.467. The molecule has 1 atom stereocenters. The summed E-state index contributed by atoms with van der Waals surface area (Å²) in [6.45, 7) is 0.547. The van der Waals surface area contributed by atoms with Crippen LogP contribution in [0.25, 0.3) is 0 Å². The Balaban J connectivity index is 1.96. The number of halogens is 3. The zero-order valence-electron chi connectivity index (χ0n) is 12.7. The number of nitrogens with zero attached hydrogens (tertiary/aromatic N) is 1. The Morgan fingerprint density at radius 3 is 2.71 bits per heavy atom. The number of morpholine rings is 1. The lowest BCUT2D eigenvalue weighted by Gasteiger charge is -2.31. The van der Waals surface area contributed by atoms with E-state index in [9.17, 15) is 22.8 Å². The van der Waals surface area contributed by atoms with Crippen molar-refractivity contribution in [3.05, 3.63) is 29.8 Å². The van der Waals surface area contributed by atoms with Gasteiger partial charge in [0, 0.05) is 13.0 Å². The van der Waals surface area contributed by atoms with Crippen LogP contribution in [0, 0.1) is 0 Å². The molecule has 0 aliphatic carbocycles. The van der Waals surface area contributed by atoms with E-state index < -0.39 is 18.4 Å². The topological polar surface area (TPSA) is 81.9 Å². The van der Waals surface area contributed by atoms with E-state index in [1.165, 1.54) is 23.1 Å². The lowest BCUT2D eigenvalue weighted by Crippen LogP contribution is -2.50. The summed E-state index contributed by atoms with van der Waals surface area (Å²) in [6, 6.07) is 5.66. The van der Waals surface area contributed by atoms with Crippen LogP contribution < -0.4 is 10.5 Å². The summed E-state index contributed by atoms with van der Waals surface area (Å²) in [5.41, 5.74) is 5.43. The van der Waals surface area contributed by atoms with Gasteiger partial charge in [-0.1, -0.05) is 18.2 Å². The Kier molecular flexibility index (Phi) is 5.66. The number of aryl methyl sites for hydroxylation is 1. The molecule has 0 aromatic heterocycles. The van der Waals surface area contributed by atoms with Crippen LogP contribution in [-0.2, 0) is 20.7 Å². The van der Waals surface area contributed by atoms with Crippen LogP contribution in [-0.4, -0.2) is 48.9 Å².